The average molecular weight is 212 g/mol. The number of carbonyl (C=O) groups is 1. The van der Waals surface area contributed by atoms with Gasteiger partial charge >= 0.3 is 5.97 Å². The summed E-state index contributed by atoms with van der Waals surface area (Å²) in [5, 5.41) is 8.88. The van der Waals surface area contributed by atoms with Crippen molar-refractivity contribution in [1.82, 2.24) is 0 Å². The van der Waals surface area contributed by atoms with Crippen molar-refractivity contribution >= 4 is 5.97 Å². The molecule has 2 heteroatoms. The largest absolute Gasteiger partial charge is 0.478 e. The maximum Gasteiger partial charge on any atom is 0.331 e. The van der Waals surface area contributed by atoms with E-state index in [1.807, 2.05) is 13.0 Å². The van der Waals surface area contributed by atoms with Crippen LogP contribution in [-0.2, 0) is 4.79 Å². The summed E-state index contributed by atoms with van der Waals surface area (Å²) in [6.07, 6.45) is 10.6. The Labute approximate surface area is 93.4 Å². The Morgan fingerprint density at radius 2 is 1.67 bits per heavy atom. The minimum atomic E-state index is -0.745. The van der Waals surface area contributed by atoms with E-state index in [0.717, 1.165) is 25.7 Å². The number of hydrogen-bond donors (Lipinski definition) is 1. The molecule has 0 aromatic heterocycles. The van der Waals surface area contributed by atoms with Crippen molar-refractivity contribution in [2.24, 2.45) is 0 Å². The lowest BCUT2D eigenvalue weighted by atomic mass is 10.0. The van der Waals surface area contributed by atoms with E-state index in [1.165, 1.54) is 25.7 Å². The van der Waals surface area contributed by atoms with Crippen LogP contribution in [0.25, 0.3) is 0 Å². The van der Waals surface area contributed by atoms with Gasteiger partial charge in [-0.25, -0.2) is 4.79 Å². The lowest BCUT2D eigenvalue weighted by Crippen LogP contribution is -2.00. The predicted octanol–water partition coefficient (Wildman–Crippen LogP) is 4.16. The summed E-state index contributed by atoms with van der Waals surface area (Å²) < 4.78 is 0. The van der Waals surface area contributed by atoms with Crippen LogP contribution in [0.5, 0.6) is 0 Å². The molecule has 88 valence electrons. The van der Waals surface area contributed by atoms with E-state index in [1.54, 1.807) is 0 Å². The van der Waals surface area contributed by atoms with Crippen molar-refractivity contribution in [3.8, 4) is 0 Å². The highest BCUT2D eigenvalue weighted by atomic mass is 16.4. The van der Waals surface area contributed by atoms with Gasteiger partial charge in [-0.2, -0.15) is 0 Å². The number of carboxylic acids is 1. The summed E-state index contributed by atoms with van der Waals surface area (Å²) in [6.45, 7) is 4.18. The van der Waals surface area contributed by atoms with E-state index >= 15 is 0 Å². The zero-order chi connectivity index (χ0) is 11.5. The van der Waals surface area contributed by atoms with Gasteiger partial charge in [0.05, 0.1) is 0 Å². The molecule has 0 atom stereocenters. The number of unbranched alkanes of at least 4 members (excludes halogenated alkanes) is 5. The molecule has 0 aliphatic heterocycles. The molecule has 0 aliphatic carbocycles. The van der Waals surface area contributed by atoms with Crippen LogP contribution < -0.4 is 0 Å². The molecule has 0 bridgehead atoms. The van der Waals surface area contributed by atoms with Gasteiger partial charge in [-0.1, -0.05) is 52.0 Å². The summed E-state index contributed by atoms with van der Waals surface area (Å²) in [4.78, 5) is 10.8. The van der Waals surface area contributed by atoms with Crippen LogP contribution >= 0.6 is 0 Å². The zero-order valence-electron chi connectivity index (χ0n) is 10.1. The SMILES string of the molecule is CCC=C(CCCCCCCC)C(=O)O. The molecule has 0 amide bonds. The molecule has 0 rings (SSSR count). The third-order valence-corrected chi connectivity index (χ3v) is 2.52. The van der Waals surface area contributed by atoms with Crippen LogP contribution in [0.15, 0.2) is 11.6 Å². The Morgan fingerprint density at radius 3 is 2.20 bits per heavy atom. The maximum absolute atomic E-state index is 10.8. The molecule has 0 aliphatic rings. The quantitative estimate of drug-likeness (QED) is 0.460. The van der Waals surface area contributed by atoms with Crippen LogP contribution in [0.2, 0.25) is 0 Å². The first-order valence-corrected chi connectivity index (χ1v) is 6.14. The molecule has 0 fully saturated rings. The standard InChI is InChI=1S/C13H24O2/c1-3-5-6-7-8-9-11-12(10-4-2)13(14)15/h10H,3-9,11H2,1-2H3,(H,14,15). The molecule has 0 aromatic rings. The zero-order valence-corrected chi connectivity index (χ0v) is 10.1. The molecule has 0 saturated heterocycles. The highest BCUT2D eigenvalue weighted by molar-refractivity contribution is 5.86. The van der Waals surface area contributed by atoms with Gasteiger partial charge in [0.25, 0.3) is 0 Å². The number of carboxylic acid groups (broad SMARTS) is 1. The first-order valence-electron chi connectivity index (χ1n) is 6.14. The number of hydrogen-bond acceptors (Lipinski definition) is 1. The van der Waals surface area contributed by atoms with Crippen LogP contribution in [0, 0.1) is 0 Å². The Balaban J connectivity index is 3.55. The first kappa shape index (κ1) is 14.2. The van der Waals surface area contributed by atoms with E-state index in [2.05, 4.69) is 6.92 Å². The van der Waals surface area contributed by atoms with Gasteiger partial charge in [0.15, 0.2) is 0 Å². The maximum atomic E-state index is 10.8. The second kappa shape index (κ2) is 9.75. The molecule has 0 unspecified atom stereocenters. The smallest absolute Gasteiger partial charge is 0.331 e. The molecule has 1 N–H and O–H groups in total. The van der Waals surface area contributed by atoms with E-state index < -0.39 is 5.97 Å². The lowest BCUT2D eigenvalue weighted by molar-refractivity contribution is -0.132. The van der Waals surface area contributed by atoms with Gasteiger partial charge in [-0.15, -0.1) is 0 Å². The molecule has 0 saturated carbocycles. The van der Waals surface area contributed by atoms with Crippen LogP contribution in [-0.4, -0.2) is 11.1 Å². The fourth-order valence-corrected chi connectivity index (χ4v) is 1.64. The van der Waals surface area contributed by atoms with Gasteiger partial charge < -0.3 is 5.11 Å². The fraction of sp³-hybridized carbons (Fsp3) is 0.769. The fourth-order valence-electron chi connectivity index (χ4n) is 1.64. The van der Waals surface area contributed by atoms with Gasteiger partial charge in [0, 0.05) is 5.57 Å². The molecule has 0 radical (unpaired) electrons. The number of aliphatic carboxylic acids is 1. The summed E-state index contributed by atoms with van der Waals surface area (Å²) in [6, 6.07) is 0. The number of allylic oxidation sites excluding steroid dienone is 1. The van der Waals surface area contributed by atoms with Crippen molar-refractivity contribution in [3.05, 3.63) is 11.6 Å². The Hall–Kier alpha value is -0.790. The van der Waals surface area contributed by atoms with Gasteiger partial charge in [0.1, 0.15) is 0 Å². The van der Waals surface area contributed by atoms with Crippen molar-refractivity contribution < 1.29 is 9.90 Å². The van der Waals surface area contributed by atoms with E-state index in [4.69, 9.17) is 5.11 Å². The minimum absolute atomic E-state index is 0.591. The second-order valence-corrected chi connectivity index (χ2v) is 3.96. The van der Waals surface area contributed by atoms with E-state index in [-0.39, 0.29) is 0 Å². The van der Waals surface area contributed by atoms with E-state index in [0.29, 0.717) is 5.57 Å². The van der Waals surface area contributed by atoms with Gasteiger partial charge in [-0.05, 0) is 19.3 Å². The highest BCUT2D eigenvalue weighted by Gasteiger charge is 2.05. The monoisotopic (exact) mass is 212 g/mol. The molecular weight excluding hydrogens is 188 g/mol. The van der Waals surface area contributed by atoms with Crippen molar-refractivity contribution in [1.29, 1.82) is 0 Å². The average Bonchev–Trinajstić information content (AvgIpc) is 2.21. The summed E-state index contributed by atoms with van der Waals surface area (Å²) in [5.41, 5.74) is 0.591. The molecule has 0 heterocycles. The van der Waals surface area contributed by atoms with Crippen molar-refractivity contribution in [2.75, 3.05) is 0 Å². The third kappa shape index (κ3) is 8.22. The van der Waals surface area contributed by atoms with Gasteiger partial charge in [0.2, 0.25) is 0 Å². The highest BCUT2D eigenvalue weighted by Crippen LogP contribution is 2.12. The van der Waals surface area contributed by atoms with Crippen LogP contribution in [0.4, 0.5) is 0 Å². The topological polar surface area (TPSA) is 37.3 Å². The summed E-state index contributed by atoms with van der Waals surface area (Å²) in [5.74, 6) is -0.745. The second-order valence-electron chi connectivity index (χ2n) is 3.96. The molecule has 0 aromatic carbocycles. The molecule has 15 heavy (non-hydrogen) atoms. The minimum Gasteiger partial charge on any atom is -0.478 e. The molecule has 2 nitrogen and oxygen atoms in total. The van der Waals surface area contributed by atoms with E-state index in [9.17, 15) is 4.79 Å². The molecular formula is C13H24O2. The first-order chi connectivity index (χ1) is 7.22. The predicted molar refractivity (Wildman–Crippen MR) is 64.0 cm³/mol. The summed E-state index contributed by atoms with van der Waals surface area (Å²) >= 11 is 0. The Kier molecular flexibility index (Phi) is 9.24. The number of rotatable bonds is 9. The Bertz CT molecular complexity index is 195. The normalized spacial score (nSPS) is 11.7. The third-order valence-electron chi connectivity index (χ3n) is 2.52. The van der Waals surface area contributed by atoms with Gasteiger partial charge in [-0.3, -0.25) is 0 Å². The van der Waals surface area contributed by atoms with Crippen molar-refractivity contribution in [2.45, 2.75) is 65.2 Å². The summed E-state index contributed by atoms with van der Waals surface area (Å²) in [7, 11) is 0. The lowest BCUT2D eigenvalue weighted by Gasteiger charge is -2.02. The van der Waals surface area contributed by atoms with Crippen LogP contribution in [0.3, 0.4) is 0 Å². The molecule has 0 spiro atoms. The Morgan fingerprint density at radius 1 is 1.07 bits per heavy atom. The van der Waals surface area contributed by atoms with Crippen molar-refractivity contribution in [3.63, 3.8) is 0 Å². The van der Waals surface area contributed by atoms with Crippen LogP contribution in [0.1, 0.15) is 65.2 Å².